The van der Waals surface area contributed by atoms with Crippen molar-refractivity contribution in [2.75, 3.05) is 20.8 Å². The summed E-state index contributed by atoms with van der Waals surface area (Å²) in [7, 11) is 3.32. The summed E-state index contributed by atoms with van der Waals surface area (Å²) in [5, 5.41) is 11.0. The van der Waals surface area contributed by atoms with Crippen LogP contribution in [0.5, 0.6) is 17.2 Å². The van der Waals surface area contributed by atoms with Gasteiger partial charge in [0.1, 0.15) is 22.8 Å². The van der Waals surface area contributed by atoms with Gasteiger partial charge in [0.25, 0.3) is 0 Å². The Morgan fingerprint density at radius 3 is 2.70 bits per heavy atom. The van der Waals surface area contributed by atoms with E-state index in [1.807, 2.05) is 25.1 Å². The molecular weight excluding hydrogens is 382 g/mol. The van der Waals surface area contributed by atoms with Gasteiger partial charge in [-0.1, -0.05) is 13.0 Å². The molecule has 4 rings (SSSR count). The van der Waals surface area contributed by atoms with E-state index in [0.29, 0.717) is 18.5 Å². The number of benzene rings is 2. The van der Waals surface area contributed by atoms with Crippen LogP contribution in [0.1, 0.15) is 42.5 Å². The van der Waals surface area contributed by atoms with E-state index in [1.165, 1.54) is 0 Å². The smallest absolute Gasteiger partial charge is 0.336 e. The lowest BCUT2D eigenvalue weighted by Crippen LogP contribution is -2.24. The first kappa shape index (κ1) is 20.3. The fourth-order valence-electron chi connectivity index (χ4n) is 4.40. The second kappa shape index (κ2) is 8.40. The lowest BCUT2D eigenvalue weighted by atomic mass is 10.0. The number of likely N-dealkylation sites (tertiary alicyclic amines) is 1. The second-order valence-electron chi connectivity index (χ2n) is 7.66. The molecule has 1 atom stereocenters. The molecule has 1 aliphatic rings. The van der Waals surface area contributed by atoms with Crippen molar-refractivity contribution in [2.45, 2.75) is 38.8 Å². The molecule has 1 N–H and O–H groups in total. The molecule has 158 valence electrons. The quantitative estimate of drug-likeness (QED) is 0.608. The number of hydrogen-bond donors (Lipinski definition) is 1. The number of rotatable bonds is 6. The fraction of sp³-hybridized carbons (Fsp3) is 0.375. The minimum atomic E-state index is -0.404. The van der Waals surface area contributed by atoms with Gasteiger partial charge in [0.05, 0.1) is 14.2 Å². The predicted molar refractivity (Wildman–Crippen MR) is 115 cm³/mol. The first-order chi connectivity index (χ1) is 14.5. The number of nitrogens with zero attached hydrogens (tertiary/aromatic N) is 1. The highest BCUT2D eigenvalue weighted by atomic mass is 16.5. The Kier molecular flexibility index (Phi) is 5.68. The van der Waals surface area contributed by atoms with Crippen molar-refractivity contribution in [2.24, 2.45) is 0 Å². The number of phenols is 1. The normalized spacial score (nSPS) is 16.8. The van der Waals surface area contributed by atoms with Crippen molar-refractivity contribution in [3.8, 4) is 17.2 Å². The maximum atomic E-state index is 12.2. The van der Waals surface area contributed by atoms with E-state index in [-0.39, 0.29) is 11.8 Å². The number of ether oxygens (including phenoxy) is 2. The summed E-state index contributed by atoms with van der Waals surface area (Å²) in [6.07, 6.45) is 2.79. The molecule has 0 saturated carbocycles. The van der Waals surface area contributed by atoms with Crippen LogP contribution in [0.4, 0.5) is 0 Å². The number of fused-ring (bicyclic) bond motifs is 1. The Bertz CT molecular complexity index is 1120. The van der Waals surface area contributed by atoms with Gasteiger partial charge >= 0.3 is 5.63 Å². The van der Waals surface area contributed by atoms with Crippen molar-refractivity contribution in [1.29, 1.82) is 0 Å². The average Bonchev–Trinajstić information content (AvgIpc) is 3.20. The molecule has 0 spiro atoms. The number of aromatic hydroxyl groups is 1. The molecule has 6 nitrogen and oxygen atoms in total. The van der Waals surface area contributed by atoms with E-state index in [1.54, 1.807) is 26.4 Å². The molecule has 0 unspecified atom stereocenters. The zero-order valence-electron chi connectivity index (χ0n) is 17.6. The monoisotopic (exact) mass is 409 g/mol. The highest BCUT2D eigenvalue weighted by molar-refractivity contribution is 5.82. The second-order valence-corrected chi connectivity index (χ2v) is 7.66. The zero-order valence-corrected chi connectivity index (χ0v) is 17.6. The Labute approximate surface area is 175 Å². The topological polar surface area (TPSA) is 72.1 Å². The summed E-state index contributed by atoms with van der Waals surface area (Å²) in [4.78, 5) is 14.5. The van der Waals surface area contributed by atoms with Gasteiger partial charge in [0, 0.05) is 41.7 Å². The van der Waals surface area contributed by atoms with E-state index >= 15 is 0 Å². The van der Waals surface area contributed by atoms with Gasteiger partial charge in [-0.15, -0.1) is 0 Å². The van der Waals surface area contributed by atoms with E-state index < -0.39 is 5.63 Å². The number of hydrogen-bond acceptors (Lipinski definition) is 6. The number of aryl methyl sites for hydroxylation is 1. The minimum absolute atomic E-state index is 0.160. The molecule has 1 aliphatic heterocycles. The summed E-state index contributed by atoms with van der Waals surface area (Å²) in [6, 6.07) is 11.2. The lowest BCUT2D eigenvalue weighted by molar-refractivity contribution is 0.243. The van der Waals surface area contributed by atoms with E-state index in [9.17, 15) is 9.90 Å². The molecule has 1 saturated heterocycles. The van der Waals surface area contributed by atoms with Crippen LogP contribution in [0.3, 0.4) is 0 Å². The first-order valence-electron chi connectivity index (χ1n) is 10.3. The molecule has 0 radical (unpaired) electrons. The van der Waals surface area contributed by atoms with Gasteiger partial charge in [-0.3, -0.25) is 4.90 Å². The number of methoxy groups -OCH3 is 2. The number of phenolic OH excluding ortho intramolecular Hbond substituents is 1. The molecular formula is C24H27NO5. The molecule has 3 aromatic rings. The van der Waals surface area contributed by atoms with Gasteiger partial charge in [-0.2, -0.15) is 0 Å². The van der Waals surface area contributed by atoms with Crippen LogP contribution in [-0.2, 0) is 13.0 Å². The van der Waals surface area contributed by atoms with Crippen LogP contribution < -0.4 is 15.1 Å². The Balaban J connectivity index is 1.72. The largest absolute Gasteiger partial charge is 0.508 e. The third-order valence-corrected chi connectivity index (χ3v) is 5.95. The van der Waals surface area contributed by atoms with Crippen LogP contribution >= 0.6 is 0 Å². The molecule has 1 fully saturated rings. The Morgan fingerprint density at radius 2 is 1.97 bits per heavy atom. The van der Waals surface area contributed by atoms with Crippen molar-refractivity contribution in [1.82, 2.24) is 4.90 Å². The van der Waals surface area contributed by atoms with E-state index in [4.69, 9.17) is 13.9 Å². The standard InChI is InChI=1S/C24H27NO5/c1-4-15-10-19-16(11-24(27)30-23(19)13-21(15)26)14-25-9-5-6-20(25)18-8-7-17(28-2)12-22(18)29-3/h7-8,10-13,20,26H,4-6,9,14H2,1-3H3/t20-/m0/s1. The Hall–Kier alpha value is -2.99. The summed E-state index contributed by atoms with van der Waals surface area (Å²) in [5.74, 6) is 1.73. The van der Waals surface area contributed by atoms with Crippen LogP contribution in [0, 0.1) is 0 Å². The molecule has 0 amide bonds. The Morgan fingerprint density at radius 1 is 1.13 bits per heavy atom. The predicted octanol–water partition coefficient (Wildman–Crippen LogP) is 4.42. The summed E-state index contributed by atoms with van der Waals surface area (Å²) in [5.41, 5.74) is 2.89. The summed E-state index contributed by atoms with van der Waals surface area (Å²) >= 11 is 0. The molecule has 2 heterocycles. The average molecular weight is 409 g/mol. The van der Waals surface area contributed by atoms with Crippen LogP contribution in [-0.4, -0.2) is 30.8 Å². The molecule has 0 bridgehead atoms. The van der Waals surface area contributed by atoms with Gasteiger partial charge in [0.15, 0.2) is 0 Å². The van der Waals surface area contributed by atoms with E-state index in [0.717, 1.165) is 53.0 Å². The summed E-state index contributed by atoms with van der Waals surface area (Å²) < 4.78 is 16.3. The fourth-order valence-corrected chi connectivity index (χ4v) is 4.40. The maximum absolute atomic E-state index is 12.2. The highest BCUT2D eigenvalue weighted by Gasteiger charge is 2.29. The first-order valence-corrected chi connectivity index (χ1v) is 10.3. The van der Waals surface area contributed by atoms with Gasteiger partial charge in [-0.25, -0.2) is 4.79 Å². The van der Waals surface area contributed by atoms with Crippen LogP contribution in [0.2, 0.25) is 0 Å². The highest BCUT2D eigenvalue weighted by Crippen LogP contribution is 2.40. The molecule has 30 heavy (non-hydrogen) atoms. The third-order valence-electron chi connectivity index (χ3n) is 5.95. The van der Waals surface area contributed by atoms with Crippen molar-refractivity contribution in [3.05, 3.63) is 63.5 Å². The minimum Gasteiger partial charge on any atom is -0.508 e. The molecule has 0 aliphatic carbocycles. The van der Waals surface area contributed by atoms with Crippen molar-refractivity contribution < 1.29 is 19.0 Å². The van der Waals surface area contributed by atoms with Gasteiger partial charge in [-0.05, 0) is 49.1 Å². The molecule has 2 aromatic carbocycles. The third kappa shape index (κ3) is 3.75. The zero-order chi connectivity index (χ0) is 21.3. The maximum Gasteiger partial charge on any atom is 0.336 e. The molecule has 6 heteroatoms. The van der Waals surface area contributed by atoms with Crippen LogP contribution in [0.25, 0.3) is 11.0 Å². The van der Waals surface area contributed by atoms with Gasteiger partial charge < -0.3 is 19.0 Å². The lowest BCUT2D eigenvalue weighted by Gasteiger charge is -2.27. The van der Waals surface area contributed by atoms with E-state index in [2.05, 4.69) is 11.0 Å². The molecule has 1 aromatic heterocycles. The summed E-state index contributed by atoms with van der Waals surface area (Å²) in [6.45, 7) is 3.54. The SMILES string of the molecule is CCc1cc2c(CN3CCC[C@H]3c3ccc(OC)cc3OC)cc(=O)oc2cc1O. The van der Waals surface area contributed by atoms with Crippen molar-refractivity contribution in [3.63, 3.8) is 0 Å². The van der Waals surface area contributed by atoms with Gasteiger partial charge in [0.2, 0.25) is 0 Å². The van der Waals surface area contributed by atoms with Crippen LogP contribution in [0.15, 0.2) is 45.6 Å². The van der Waals surface area contributed by atoms with Crippen molar-refractivity contribution >= 4 is 11.0 Å².